The SMILES string of the molecule is CC(C)(CC1Cc2ccccc2C1)NC[C@@H](O)COc1cc(CCC(=O)O)ccc1C#N.Cl. The quantitative estimate of drug-likeness (QED) is 0.458. The molecule has 0 spiro atoms. The van der Waals surface area contributed by atoms with Gasteiger partial charge in [0.25, 0.3) is 0 Å². The molecule has 0 aliphatic heterocycles. The molecule has 0 bridgehead atoms. The highest BCUT2D eigenvalue weighted by molar-refractivity contribution is 5.85. The summed E-state index contributed by atoms with van der Waals surface area (Å²) in [4.78, 5) is 10.8. The van der Waals surface area contributed by atoms with E-state index in [4.69, 9.17) is 9.84 Å². The van der Waals surface area contributed by atoms with Gasteiger partial charge in [-0.05, 0) is 74.3 Å². The number of ether oxygens (including phenoxy) is 1. The number of nitriles is 1. The van der Waals surface area contributed by atoms with E-state index in [2.05, 4.69) is 49.5 Å². The lowest BCUT2D eigenvalue weighted by atomic mass is 9.88. The van der Waals surface area contributed by atoms with Gasteiger partial charge in [0.15, 0.2) is 0 Å². The van der Waals surface area contributed by atoms with Crippen molar-refractivity contribution in [2.75, 3.05) is 13.2 Å². The summed E-state index contributed by atoms with van der Waals surface area (Å²) in [6, 6.07) is 15.7. The second-order valence-electron chi connectivity index (χ2n) is 9.31. The molecule has 7 heteroatoms. The van der Waals surface area contributed by atoms with Gasteiger partial charge in [-0.2, -0.15) is 5.26 Å². The lowest BCUT2D eigenvalue weighted by Crippen LogP contribution is -2.46. The first-order chi connectivity index (χ1) is 15.3. The molecule has 1 atom stereocenters. The van der Waals surface area contributed by atoms with Crippen molar-refractivity contribution in [3.05, 3.63) is 64.7 Å². The number of aliphatic hydroxyl groups is 1. The predicted octanol–water partition coefficient (Wildman–Crippen LogP) is 3.91. The second kappa shape index (κ2) is 12.0. The number of aliphatic carboxylic acids is 1. The molecule has 33 heavy (non-hydrogen) atoms. The fourth-order valence-electron chi connectivity index (χ4n) is 4.41. The Hall–Kier alpha value is -2.59. The molecule has 0 unspecified atom stereocenters. The van der Waals surface area contributed by atoms with Crippen LogP contribution in [0.3, 0.4) is 0 Å². The van der Waals surface area contributed by atoms with Gasteiger partial charge in [-0.25, -0.2) is 0 Å². The van der Waals surface area contributed by atoms with Crippen LogP contribution < -0.4 is 10.1 Å². The third kappa shape index (κ3) is 8.04. The van der Waals surface area contributed by atoms with Crippen molar-refractivity contribution >= 4 is 18.4 Å². The van der Waals surface area contributed by atoms with Gasteiger partial charge >= 0.3 is 5.97 Å². The van der Waals surface area contributed by atoms with Gasteiger partial charge < -0.3 is 20.3 Å². The maximum Gasteiger partial charge on any atom is 0.303 e. The average molecular weight is 473 g/mol. The summed E-state index contributed by atoms with van der Waals surface area (Å²) in [5, 5.41) is 32.1. The Morgan fingerprint density at radius 3 is 2.52 bits per heavy atom. The molecule has 0 radical (unpaired) electrons. The molecule has 2 aromatic carbocycles. The molecule has 0 fully saturated rings. The average Bonchev–Trinajstić information content (AvgIpc) is 3.16. The monoisotopic (exact) mass is 472 g/mol. The summed E-state index contributed by atoms with van der Waals surface area (Å²) in [5.41, 5.74) is 3.92. The Morgan fingerprint density at radius 2 is 1.91 bits per heavy atom. The van der Waals surface area contributed by atoms with E-state index >= 15 is 0 Å². The highest BCUT2D eigenvalue weighted by atomic mass is 35.5. The molecule has 3 N–H and O–H groups in total. The molecule has 0 heterocycles. The standard InChI is InChI=1S/C26H32N2O4.ClH/c1-26(2,14-19-11-20-5-3-4-6-21(20)12-19)28-16-23(29)17-32-24-13-18(8-10-25(30)31)7-9-22(24)15-27;/h3-7,9,13,19,23,28-29H,8,10-12,14,16-17H2,1-2H3,(H,30,31);1H/t23-;/m1./s1. The van der Waals surface area contributed by atoms with Gasteiger partial charge in [0, 0.05) is 18.5 Å². The summed E-state index contributed by atoms with van der Waals surface area (Å²) < 4.78 is 5.72. The van der Waals surface area contributed by atoms with Crippen LogP contribution in [-0.4, -0.2) is 41.0 Å². The molecule has 6 nitrogen and oxygen atoms in total. The third-order valence-corrected chi connectivity index (χ3v) is 5.98. The smallest absolute Gasteiger partial charge is 0.303 e. The Labute approximate surface area is 202 Å². The van der Waals surface area contributed by atoms with Gasteiger partial charge in [-0.3, -0.25) is 4.79 Å². The van der Waals surface area contributed by atoms with Crippen molar-refractivity contribution in [2.45, 2.75) is 57.6 Å². The minimum absolute atomic E-state index is 0. The van der Waals surface area contributed by atoms with E-state index in [1.165, 1.54) is 11.1 Å². The van der Waals surface area contributed by atoms with Crippen molar-refractivity contribution in [1.82, 2.24) is 5.32 Å². The first-order valence-electron chi connectivity index (χ1n) is 11.1. The minimum Gasteiger partial charge on any atom is -0.489 e. The molecule has 2 aromatic rings. The molecule has 178 valence electrons. The fourth-order valence-corrected chi connectivity index (χ4v) is 4.41. The summed E-state index contributed by atoms with van der Waals surface area (Å²) in [6.45, 7) is 4.74. The molecule has 1 aliphatic carbocycles. The van der Waals surface area contributed by atoms with E-state index in [0.717, 1.165) is 24.8 Å². The fraction of sp³-hybridized carbons (Fsp3) is 0.462. The largest absolute Gasteiger partial charge is 0.489 e. The zero-order valence-electron chi connectivity index (χ0n) is 19.2. The number of fused-ring (bicyclic) bond motifs is 1. The molecular formula is C26H33ClN2O4. The topological polar surface area (TPSA) is 103 Å². The van der Waals surface area contributed by atoms with Crippen LogP contribution in [0, 0.1) is 17.2 Å². The lowest BCUT2D eigenvalue weighted by Gasteiger charge is -2.30. The van der Waals surface area contributed by atoms with Crippen LogP contribution in [0.5, 0.6) is 5.75 Å². The van der Waals surface area contributed by atoms with Crippen molar-refractivity contribution in [2.24, 2.45) is 5.92 Å². The van der Waals surface area contributed by atoms with Crippen LogP contribution >= 0.6 is 12.4 Å². The number of carboxylic acid groups (broad SMARTS) is 1. The number of aliphatic hydroxyl groups excluding tert-OH is 1. The number of nitrogens with one attached hydrogen (secondary N) is 1. The maximum atomic E-state index is 10.8. The van der Waals surface area contributed by atoms with E-state index in [1.54, 1.807) is 18.2 Å². The van der Waals surface area contributed by atoms with Gasteiger partial charge in [-0.15, -0.1) is 12.4 Å². The second-order valence-corrected chi connectivity index (χ2v) is 9.31. The van der Waals surface area contributed by atoms with Gasteiger partial charge in [0.1, 0.15) is 24.5 Å². The van der Waals surface area contributed by atoms with E-state index in [0.29, 0.717) is 30.2 Å². The van der Waals surface area contributed by atoms with Crippen LogP contribution in [0.15, 0.2) is 42.5 Å². The summed E-state index contributed by atoms with van der Waals surface area (Å²) >= 11 is 0. The van der Waals surface area contributed by atoms with Crippen molar-refractivity contribution in [1.29, 1.82) is 5.26 Å². The number of halogens is 1. The van der Waals surface area contributed by atoms with Crippen molar-refractivity contribution in [3.63, 3.8) is 0 Å². The van der Waals surface area contributed by atoms with E-state index in [1.807, 2.05) is 0 Å². The van der Waals surface area contributed by atoms with Crippen molar-refractivity contribution in [3.8, 4) is 11.8 Å². The van der Waals surface area contributed by atoms with Gasteiger partial charge in [-0.1, -0.05) is 30.3 Å². The lowest BCUT2D eigenvalue weighted by molar-refractivity contribution is -0.136. The Morgan fingerprint density at radius 1 is 1.24 bits per heavy atom. The number of carboxylic acids is 1. The van der Waals surface area contributed by atoms with Crippen LogP contribution in [0.2, 0.25) is 0 Å². The number of nitrogens with zero attached hydrogens (tertiary/aromatic N) is 1. The Balaban J connectivity index is 0.00000385. The van der Waals surface area contributed by atoms with E-state index in [-0.39, 0.29) is 31.0 Å². The number of β-amino-alcohol motifs (C(OH)–C–C–N with tert-alkyl or cyclic N) is 1. The molecule has 0 saturated heterocycles. The van der Waals surface area contributed by atoms with Crippen LogP contribution in [0.25, 0.3) is 0 Å². The predicted molar refractivity (Wildman–Crippen MR) is 130 cm³/mol. The van der Waals surface area contributed by atoms with Crippen LogP contribution in [0.4, 0.5) is 0 Å². The highest BCUT2D eigenvalue weighted by Gasteiger charge is 2.28. The van der Waals surface area contributed by atoms with E-state index in [9.17, 15) is 15.2 Å². The molecule has 3 rings (SSSR count). The summed E-state index contributed by atoms with van der Waals surface area (Å²) in [7, 11) is 0. The van der Waals surface area contributed by atoms with E-state index < -0.39 is 12.1 Å². The van der Waals surface area contributed by atoms with Crippen molar-refractivity contribution < 1.29 is 19.7 Å². The maximum absolute atomic E-state index is 10.8. The number of hydrogen-bond acceptors (Lipinski definition) is 5. The number of benzene rings is 2. The number of carbonyl (C=O) groups is 1. The number of hydrogen-bond donors (Lipinski definition) is 3. The molecule has 1 aliphatic rings. The highest BCUT2D eigenvalue weighted by Crippen LogP contribution is 2.31. The molecule has 0 saturated carbocycles. The summed E-state index contributed by atoms with van der Waals surface area (Å²) in [5.74, 6) is 0.0925. The number of rotatable bonds is 11. The van der Waals surface area contributed by atoms with Crippen LogP contribution in [0.1, 0.15) is 48.9 Å². The normalized spacial score (nSPS) is 14.1. The first kappa shape index (κ1) is 26.7. The Bertz CT molecular complexity index is 961. The zero-order chi connectivity index (χ0) is 23.1. The number of aryl methyl sites for hydroxylation is 1. The third-order valence-electron chi connectivity index (χ3n) is 5.98. The Kier molecular flexibility index (Phi) is 9.72. The first-order valence-corrected chi connectivity index (χ1v) is 11.1. The van der Waals surface area contributed by atoms with Gasteiger partial charge in [0.05, 0.1) is 5.56 Å². The molecular weight excluding hydrogens is 440 g/mol. The van der Waals surface area contributed by atoms with Crippen LogP contribution in [-0.2, 0) is 24.1 Å². The van der Waals surface area contributed by atoms with Gasteiger partial charge in [0.2, 0.25) is 0 Å². The summed E-state index contributed by atoms with van der Waals surface area (Å²) in [6.07, 6.45) is 2.85. The zero-order valence-corrected chi connectivity index (χ0v) is 20.0. The minimum atomic E-state index is -0.873. The molecule has 0 amide bonds. The molecule has 0 aromatic heterocycles.